The van der Waals surface area contributed by atoms with Crippen LogP contribution in [0.15, 0.2) is 65.8 Å². The van der Waals surface area contributed by atoms with Gasteiger partial charge in [-0.3, -0.25) is 14.5 Å². The van der Waals surface area contributed by atoms with Crippen molar-refractivity contribution in [3.63, 3.8) is 0 Å². The van der Waals surface area contributed by atoms with E-state index >= 15 is 0 Å². The van der Waals surface area contributed by atoms with Crippen molar-refractivity contribution in [1.82, 2.24) is 9.88 Å². The SMILES string of the molecule is CC(=O)O.COCCS(=O)(=O)Oc1cccc(C2(c3cccc(-c4cc(Cl)cnc4F)c3)N=C(N)N(C)C2=O)c1. The summed E-state index contributed by atoms with van der Waals surface area (Å²) in [7, 11) is -1.10. The molecular weight excluding hydrogens is 567 g/mol. The Bertz CT molecular complexity index is 1560. The molecule has 3 N–H and O–H groups in total. The topological polar surface area (TPSA) is 161 Å². The number of rotatable bonds is 8. The molecule has 212 valence electrons. The molecule has 0 spiro atoms. The minimum atomic E-state index is -3.95. The lowest BCUT2D eigenvalue weighted by Crippen LogP contribution is -2.41. The van der Waals surface area contributed by atoms with Crippen LogP contribution in [0.3, 0.4) is 0 Å². The molecule has 3 aromatic rings. The van der Waals surface area contributed by atoms with Gasteiger partial charge in [0.15, 0.2) is 11.5 Å². The number of nitrogens with two attached hydrogens (primary N) is 1. The molecule has 0 aliphatic carbocycles. The number of carboxylic acids is 1. The molecule has 2 aromatic carbocycles. The van der Waals surface area contributed by atoms with Crippen molar-refractivity contribution in [3.8, 4) is 16.9 Å². The summed E-state index contributed by atoms with van der Waals surface area (Å²) in [5, 5.41) is 7.66. The third-order valence-electron chi connectivity index (χ3n) is 5.65. The molecule has 0 bridgehead atoms. The van der Waals surface area contributed by atoms with E-state index in [2.05, 4.69) is 9.98 Å². The standard InChI is InChI=1S/C24H22ClFN4O5S.C2H4O2/c1-30-22(31)24(29-23(30)27,17-7-4-8-19(12-17)35-36(32,33)10-9-34-2)16-6-3-5-15(11-16)20-13-18(25)14-28-21(20)26;1-2(3)4/h3-8,11-14H,9-10H2,1-2H3,(H2,27,29);1H3,(H,3,4). The number of guanidine groups is 1. The van der Waals surface area contributed by atoms with Gasteiger partial charge in [0, 0.05) is 32.8 Å². The molecule has 0 radical (unpaired) electrons. The number of amides is 1. The molecule has 1 atom stereocenters. The lowest BCUT2D eigenvalue weighted by Gasteiger charge is -2.27. The lowest BCUT2D eigenvalue weighted by molar-refractivity contribution is -0.134. The van der Waals surface area contributed by atoms with Crippen LogP contribution in [0.5, 0.6) is 5.75 Å². The minimum absolute atomic E-state index is 0.0136. The van der Waals surface area contributed by atoms with Crippen LogP contribution in [0.2, 0.25) is 5.02 Å². The number of hydrogen-bond acceptors (Lipinski definition) is 9. The Morgan fingerprint density at radius 2 is 1.80 bits per heavy atom. The van der Waals surface area contributed by atoms with Crippen LogP contribution in [-0.4, -0.2) is 67.8 Å². The molecular formula is C26H26ClFN4O7S. The van der Waals surface area contributed by atoms with Crippen molar-refractivity contribution >= 4 is 39.6 Å². The molecule has 4 rings (SSSR count). The van der Waals surface area contributed by atoms with E-state index in [0.717, 1.165) is 6.92 Å². The van der Waals surface area contributed by atoms with Gasteiger partial charge in [0.2, 0.25) is 5.95 Å². The Balaban J connectivity index is 0.00000103. The maximum atomic E-state index is 14.5. The normalized spacial score (nSPS) is 16.7. The van der Waals surface area contributed by atoms with Gasteiger partial charge in [-0.2, -0.15) is 12.8 Å². The van der Waals surface area contributed by atoms with E-state index in [9.17, 15) is 17.6 Å². The zero-order valence-electron chi connectivity index (χ0n) is 21.7. The Hall–Kier alpha value is -4.07. The maximum Gasteiger partial charge on any atom is 0.311 e. The van der Waals surface area contributed by atoms with Gasteiger partial charge in [-0.05, 0) is 41.0 Å². The first kappa shape index (κ1) is 30.5. The third-order valence-corrected chi connectivity index (χ3v) is 6.97. The fourth-order valence-electron chi connectivity index (χ4n) is 3.87. The molecule has 11 nitrogen and oxygen atoms in total. The minimum Gasteiger partial charge on any atom is -0.481 e. The highest BCUT2D eigenvalue weighted by molar-refractivity contribution is 7.87. The quantitative estimate of drug-likeness (QED) is 0.296. The summed E-state index contributed by atoms with van der Waals surface area (Å²) in [6.07, 6.45) is 1.19. The van der Waals surface area contributed by atoms with Crippen LogP contribution in [0.4, 0.5) is 4.39 Å². The van der Waals surface area contributed by atoms with Crippen molar-refractivity contribution in [2.75, 3.05) is 26.5 Å². The zero-order chi connectivity index (χ0) is 29.7. The van der Waals surface area contributed by atoms with Crippen molar-refractivity contribution in [2.45, 2.75) is 12.5 Å². The monoisotopic (exact) mass is 592 g/mol. The number of carbonyl (C=O) groups excluding carboxylic acids is 1. The Morgan fingerprint density at radius 3 is 2.40 bits per heavy atom. The third kappa shape index (κ3) is 6.73. The van der Waals surface area contributed by atoms with Crippen molar-refractivity contribution in [3.05, 3.63) is 82.9 Å². The highest BCUT2D eigenvalue weighted by Gasteiger charge is 2.49. The molecule has 40 heavy (non-hydrogen) atoms. The second kappa shape index (κ2) is 12.4. The number of carbonyl (C=O) groups is 2. The number of ether oxygens (including phenoxy) is 1. The van der Waals surface area contributed by atoms with Gasteiger partial charge < -0.3 is 19.8 Å². The van der Waals surface area contributed by atoms with Crippen molar-refractivity contribution in [2.24, 2.45) is 10.7 Å². The second-order valence-electron chi connectivity index (χ2n) is 8.50. The Kier molecular flexibility index (Phi) is 9.45. The largest absolute Gasteiger partial charge is 0.481 e. The number of hydrogen-bond donors (Lipinski definition) is 2. The Morgan fingerprint density at radius 1 is 1.18 bits per heavy atom. The van der Waals surface area contributed by atoms with Gasteiger partial charge in [0.25, 0.3) is 11.9 Å². The summed E-state index contributed by atoms with van der Waals surface area (Å²) in [6.45, 7) is 1.04. The number of carboxylic acid groups (broad SMARTS) is 1. The summed E-state index contributed by atoms with van der Waals surface area (Å²) in [5.74, 6) is -2.46. The van der Waals surface area contributed by atoms with Crippen LogP contribution in [-0.2, 0) is 30.0 Å². The molecule has 2 heterocycles. The predicted octanol–water partition coefficient (Wildman–Crippen LogP) is 3.02. The molecule has 14 heteroatoms. The number of aliphatic carboxylic acids is 1. The first-order valence-electron chi connectivity index (χ1n) is 11.6. The van der Waals surface area contributed by atoms with Crippen LogP contribution in [0.1, 0.15) is 18.1 Å². The van der Waals surface area contributed by atoms with Crippen LogP contribution in [0.25, 0.3) is 11.1 Å². The number of nitrogens with zero attached hydrogens (tertiary/aromatic N) is 3. The number of methoxy groups -OCH3 is 1. The summed E-state index contributed by atoms with van der Waals surface area (Å²) in [6, 6.07) is 14.0. The molecule has 0 saturated carbocycles. The first-order valence-corrected chi connectivity index (χ1v) is 13.5. The van der Waals surface area contributed by atoms with Crippen LogP contribution >= 0.6 is 11.6 Å². The highest BCUT2D eigenvalue weighted by Crippen LogP contribution is 2.41. The fraction of sp³-hybridized carbons (Fsp3) is 0.231. The molecule has 1 aliphatic heterocycles. The van der Waals surface area contributed by atoms with Gasteiger partial charge >= 0.3 is 10.1 Å². The van der Waals surface area contributed by atoms with Crippen LogP contribution < -0.4 is 9.92 Å². The van der Waals surface area contributed by atoms with E-state index in [1.54, 1.807) is 36.4 Å². The number of halogens is 2. The van der Waals surface area contributed by atoms with E-state index in [-0.39, 0.29) is 34.7 Å². The van der Waals surface area contributed by atoms with Crippen LogP contribution in [0, 0.1) is 5.95 Å². The number of pyridine rings is 1. The highest BCUT2D eigenvalue weighted by atomic mass is 35.5. The number of likely N-dealkylation sites (N-methyl/N-ethyl adjacent to an activating group) is 1. The van der Waals surface area contributed by atoms with Gasteiger partial charge in [-0.1, -0.05) is 41.9 Å². The van der Waals surface area contributed by atoms with E-state index in [1.165, 1.54) is 43.5 Å². The van der Waals surface area contributed by atoms with E-state index in [4.69, 9.17) is 36.2 Å². The molecule has 1 aromatic heterocycles. The summed E-state index contributed by atoms with van der Waals surface area (Å²) >= 11 is 6.02. The number of aromatic nitrogens is 1. The van der Waals surface area contributed by atoms with Crippen molar-refractivity contribution < 1.29 is 36.4 Å². The maximum absolute atomic E-state index is 14.5. The van der Waals surface area contributed by atoms with Gasteiger partial charge in [0.05, 0.1) is 11.6 Å². The van der Waals surface area contributed by atoms with E-state index in [0.29, 0.717) is 16.7 Å². The fourth-order valence-corrected chi connectivity index (χ4v) is 4.88. The summed E-state index contributed by atoms with van der Waals surface area (Å²) < 4.78 is 49.1. The number of benzene rings is 2. The van der Waals surface area contributed by atoms with Gasteiger partial charge in [-0.15, -0.1) is 0 Å². The van der Waals surface area contributed by atoms with Gasteiger partial charge in [0.1, 0.15) is 11.5 Å². The zero-order valence-corrected chi connectivity index (χ0v) is 23.2. The average molecular weight is 593 g/mol. The molecule has 0 fully saturated rings. The second-order valence-corrected chi connectivity index (χ2v) is 10.6. The lowest BCUT2D eigenvalue weighted by atomic mass is 9.81. The predicted molar refractivity (Wildman–Crippen MR) is 146 cm³/mol. The molecule has 1 aliphatic rings. The summed E-state index contributed by atoms with van der Waals surface area (Å²) in [5.41, 5.74) is 5.58. The molecule has 1 unspecified atom stereocenters. The van der Waals surface area contributed by atoms with E-state index in [1.807, 2.05) is 0 Å². The van der Waals surface area contributed by atoms with E-state index < -0.39 is 33.5 Å². The molecule has 0 saturated heterocycles. The summed E-state index contributed by atoms with van der Waals surface area (Å²) in [4.78, 5) is 31.9. The molecule has 1 amide bonds. The van der Waals surface area contributed by atoms with Crippen molar-refractivity contribution in [1.29, 1.82) is 0 Å². The van der Waals surface area contributed by atoms with Gasteiger partial charge in [-0.25, -0.2) is 9.98 Å². The first-order chi connectivity index (χ1) is 18.8. The smallest absolute Gasteiger partial charge is 0.311 e. The number of aliphatic imine (C=N–C) groups is 1. The average Bonchev–Trinajstić information content (AvgIpc) is 3.13. The Labute approximate surface area is 235 Å².